The molecule has 0 aliphatic carbocycles. The maximum atomic E-state index is 13.2. The maximum absolute atomic E-state index is 13.2. The van der Waals surface area contributed by atoms with Gasteiger partial charge >= 0.3 is 30.1 Å². The number of carbonyl (C=O) groups is 5. The topological polar surface area (TPSA) is 180 Å². The number of rotatable bonds is 12. The molecule has 3 aromatic rings. The van der Waals surface area contributed by atoms with E-state index in [4.69, 9.17) is 33.8 Å². The standard InChI is InChI=1S/C36H41N3O11/c1-6-45-34(42)32(27-11-13-30(14-12-27)50-31-15-16-39(20-31)36(44)49-24(5)47-22(3)41)18-25-7-8-26-9-10-28(19-29(26)17-25)33(37)38-35(43)48-23(4)46-21(2)40/h7-14,17,19,23-24,31-32H,6,15-16,18,20H2,1-5H3,(H2,37,38,43)/t23?,24?,31-,32-/m0/s1. The number of hydrogen-bond acceptors (Lipinski definition) is 12. The number of alkyl carbamates (subject to hydrolysis) is 1. The van der Waals surface area contributed by atoms with E-state index in [-0.39, 0.29) is 24.5 Å². The summed E-state index contributed by atoms with van der Waals surface area (Å²) in [4.78, 5) is 61.4. The van der Waals surface area contributed by atoms with Crippen molar-refractivity contribution < 1.29 is 52.4 Å². The molecule has 0 radical (unpaired) electrons. The van der Waals surface area contributed by atoms with Crippen LogP contribution in [0.25, 0.3) is 10.8 Å². The average Bonchev–Trinajstić information content (AvgIpc) is 3.51. The van der Waals surface area contributed by atoms with Crippen molar-refractivity contribution in [3.63, 3.8) is 0 Å². The molecule has 14 nitrogen and oxygen atoms in total. The fraction of sp³-hybridized carbons (Fsp3) is 0.389. The van der Waals surface area contributed by atoms with E-state index < -0.39 is 42.6 Å². The molecule has 1 aliphatic heterocycles. The molecule has 1 heterocycles. The molecule has 4 rings (SSSR count). The largest absolute Gasteiger partial charge is 0.489 e. The first kappa shape index (κ1) is 37.2. The van der Waals surface area contributed by atoms with Gasteiger partial charge in [-0.1, -0.05) is 42.5 Å². The Balaban J connectivity index is 1.41. The van der Waals surface area contributed by atoms with Crippen molar-refractivity contribution in [3.8, 4) is 5.75 Å². The van der Waals surface area contributed by atoms with E-state index in [1.807, 2.05) is 36.4 Å². The first-order valence-corrected chi connectivity index (χ1v) is 16.1. The molecule has 2 amide bonds. The summed E-state index contributed by atoms with van der Waals surface area (Å²) in [6.45, 7) is 7.98. The van der Waals surface area contributed by atoms with Crippen molar-refractivity contribution in [2.75, 3.05) is 19.7 Å². The van der Waals surface area contributed by atoms with Gasteiger partial charge in [-0.15, -0.1) is 0 Å². The van der Waals surface area contributed by atoms with Crippen molar-refractivity contribution in [1.29, 1.82) is 5.41 Å². The summed E-state index contributed by atoms with van der Waals surface area (Å²) in [6.07, 6.45) is -2.99. The lowest BCUT2D eigenvalue weighted by atomic mass is 9.91. The third-order valence-electron chi connectivity index (χ3n) is 7.62. The van der Waals surface area contributed by atoms with Crippen LogP contribution in [0.4, 0.5) is 9.59 Å². The molecular weight excluding hydrogens is 650 g/mol. The van der Waals surface area contributed by atoms with Crippen LogP contribution in [0, 0.1) is 5.41 Å². The fourth-order valence-corrected chi connectivity index (χ4v) is 5.44. The second kappa shape index (κ2) is 17.1. The summed E-state index contributed by atoms with van der Waals surface area (Å²) in [5.41, 5.74) is 2.00. The van der Waals surface area contributed by atoms with Gasteiger partial charge in [0.05, 0.1) is 19.1 Å². The lowest BCUT2D eigenvalue weighted by Crippen LogP contribution is -2.34. The van der Waals surface area contributed by atoms with Crippen LogP contribution in [0.3, 0.4) is 0 Å². The third-order valence-corrected chi connectivity index (χ3v) is 7.62. The minimum absolute atomic E-state index is 0.205. The Hall–Kier alpha value is -5.66. The molecule has 2 unspecified atom stereocenters. The van der Waals surface area contributed by atoms with Gasteiger partial charge in [0.2, 0.25) is 12.6 Å². The number of likely N-dealkylation sites (tertiary alicyclic amines) is 1. The van der Waals surface area contributed by atoms with Gasteiger partial charge in [0, 0.05) is 46.2 Å². The molecule has 1 saturated heterocycles. The van der Waals surface area contributed by atoms with Crippen LogP contribution < -0.4 is 10.1 Å². The Morgan fingerprint density at radius 1 is 0.860 bits per heavy atom. The summed E-state index contributed by atoms with van der Waals surface area (Å²) < 4.78 is 31.3. The Morgan fingerprint density at radius 3 is 2.18 bits per heavy atom. The van der Waals surface area contributed by atoms with Gasteiger partial charge in [-0.25, -0.2) is 9.59 Å². The molecule has 266 valence electrons. The molecule has 0 bridgehead atoms. The Kier molecular flexibility index (Phi) is 12.7. The van der Waals surface area contributed by atoms with Crippen LogP contribution in [0.5, 0.6) is 5.75 Å². The van der Waals surface area contributed by atoms with Gasteiger partial charge in [-0.3, -0.25) is 25.1 Å². The smallest absolute Gasteiger partial charge is 0.415 e. The normalized spacial score (nSPS) is 15.6. The van der Waals surface area contributed by atoms with Crippen LogP contribution in [-0.4, -0.2) is 79.2 Å². The SMILES string of the molecule is CCOC(=O)[C@@H](Cc1ccc2ccc(C(=N)NC(=O)OC(C)OC(C)=O)cc2c1)c1ccc(O[C@H]2CCN(C(=O)OC(C)OC(C)=O)C2)cc1. The average molecular weight is 692 g/mol. The molecular formula is C36H41N3O11. The summed E-state index contributed by atoms with van der Waals surface area (Å²) in [6, 6.07) is 18.2. The van der Waals surface area contributed by atoms with E-state index >= 15 is 0 Å². The molecule has 4 atom stereocenters. The molecule has 1 aliphatic rings. The Labute approximate surface area is 289 Å². The lowest BCUT2D eigenvalue weighted by Gasteiger charge is -2.20. The third kappa shape index (κ3) is 10.7. The number of ether oxygens (including phenoxy) is 6. The predicted molar refractivity (Wildman–Crippen MR) is 179 cm³/mol. The highest BCUT2D eigenvalue weighted by atomic mass is 16.7. The fourth-order valence-electron chi connectivity index (χ4n) is 5.44. The highest BCUT2D eigenvalue weighted by Crippen LogP contribution is 2.28. The first-order chi connectivity index (χ1) is 23.8. The second-order valence-corrected chi connectivity index (χ2v) is 11.6. The van der Waals surface area contributed by atoms with Gasteiger partial charge in [0.15, 0.2) is 0 Å². The number of nitrogens with zero attached hydrogens (tertiary/aromatic N) is 1. The Morgan fingerprint density at radius 2 is 1.52 bits per heavy atom. The summed E-state index contributed by atoms with van der Waals surface area (Å²) in [5, 5.41) is 12.3. The zero-order chi connectivity index (χ0) is 36.4. The lowest BCUT2D eigenvalue weighted by molar-refractivity contribution is -0.164. The number of amides is 2. The minimum Gasteiger partial charge on any atom is -0.489 e. The number of esters is 3. The minimum atomic E-state index is -1.11. The highest BCUT2D eigenvalue weighted by Gasteiger charge is 2.30. The van der Waals surface area contributed by atoms with Crippen LogP contribution >= 0.6 is 0 Å². The predicted octanol–water partition coefficient (Wildman–Crippen LogP) is 5.19. The summed E-state index contributed by atoms with van der Waals surface area (Å²) >= 11 is 0. The van der Waals surface area contributed by atoms with E-state index in [1.165, 1.54) is 32.6 Å². The monoisotopic (exact) mass is 691 g/mol. The molecule has 1 fully saturated rings. The van der Waals surface area contributed by atoms with Crippen LogP contribution in [0.15, 0.2) is 60.7 Å². The molecule has 0 saturated carbocycles. The molecule has 50 heavy (non-hydrogen) atoms. The van der Waals surface area contributed by atoms with E-state index in [0.29, 0.717) is 37.2 Å². The number of carbonyl (C=O) groups excluding carboxylic acids is 5. The zero-order valence-corrected chi connectivity index (χ0v) is 28.6. The van der Waals surface area contributed by atoms with E-state index in [1.54, 1.807) is 31.2 Å². The van der Waals surface area contributed by atoms with Gasteiger partial charge in [0.25, 0.3) is 0 Å². The van der Waals surface area contributed by atoms with E-state index in [9.17, 15) is 24.0 Å². The molecule has 3 aromatic carbocycles. The van der Waals surface area contributed by atoms with Gasteiger partial charge in [0.1, 0.15) is 17.7 Å². The van der Waals surface area contributed by atoms with Crippen molar-refractivity contribution in [1.82, 2.24) is 10.2 Å². The van der Waals surface area contributed by atoms with Gasteiger partial charge in [-0.2, -0.15) is 0 Å². The second-order valence-electron chi connectivity index (χ2n) is 11.6. The van der Waals surface area contributed by atoms with E-state index in [0.717, 1.165) is 21.9 Å². The van der Waals surface area contributed by atoms with Crippen molar-refractivity contribution in [2.45, 2.75) is 72.1 Å². The Bertz CT molecular complexity index is 1730. The van der Waals surface area contributed by atoms with Gasteiger partial charge < -0.3 is 33.3 Å². The number of hydrogen-bond donors (Lipinski definition) is 2. The molecule has 2 N–H and O–H groups in total. The van der Waals surface area contributed by atoms with Gasteiger partial charge in [-0.05, 0) is 53.4 Å². The summed E-state index contributed by atoms with van der Waals surface area (Å²) in [5.74, 6) is -1.78. The molecule has 14 heteroatoms. The summed E-state index contributed by atoms with van der Waals surface area (Å²) in [7, 11) is 0. The van der Waals surface area contributed by atoms with Crippen LogP contribution in [-0.2, 0) is 44.5 Å². The van der Waals surface area contributed by atoms with Crippen LogP contribution in [0.2, 0.25) is 0 Å². The zero-order valence-electron chi connectivity index (χ0n) is 28.6. The first-order valence-electron chi connectivity index (χ1n) is 16.1. The van der Waals surface area contributed by atoms with Crippen molar-refractivity contribution >= 4 is 46.7 Å². The van der Waals surface area contributed by atoms with Crippen LogP contribution in [0.1, 0.15) is 63.6 Å². The van der Waals surface area contributed by atoms with Crippen molar-refractivity contribution in [3.05, 3.63) is 77.4 Å². The van der Waals surface area contributed by atoms with Crippen molar-refractivity contribution in [2.24, 2.45) is 0 Å². The number of fused-ring (bicyclic) bond motifs is 1. The van der Waals surface area contributed by atoms with E-state index in [2.05, 4.69) is 5.32 Å². The number of nitrogens with one attached hydrogen (secondary N) is 2. The molecule has 0 aromatic heterocycles. The number of benzene rings is 3. The molecule has 0 spiro atoms. The quantitative estimate of drug-likeness (QED) is 0.0839. The number of amidine groups is 1. The highest BCUT2D eigenvalue weighted by molar-refractivity contribution is 6.06. The maximum Gasteiger partial charge on any atom is 0.415 e.